The molecule has 1 heterocycles. The lowest BCUT2D eigenvalue weighted by atomic mass is 10.0. The van der Waals surface area contributed by atoms with E-state index in [1.165, 1.54) is 6.92 Å². The van der Waals surface area contributed by atoms with E-state index >= 15 is 0 Å². The molecule has 1 aliphatic heterocycles. The van der Waals surface area contributed by atoms with Crippen molar-refractivity contribution in [2.75, 3.05) is 17.2 Å². The van der Waals surface area contributed by atoms with Crippen LogP contribution in [0, 0.1) is 5.92 Å². The number of carbonyl (C=O) groups excluding carboxylic acids is 3. The van der Waals surface area contributed by atoms with E-state index in [0.29, 0.717) is 17.1 Å². The summed E-state index contributed by atoms with van der Waals surface area (Å²) in [4.78, 5) is 35.9. The molecule has 2 N–H and O–H groups in total. The molecule has 0 spiro atoms. The molecule has 7 heteroatoms. The van der Waals surface area contributed by atoms with Crippen molar-refractivity contribution in [2.45, 2.75) is 33.3 Å². The number of amides is 2. The Morgan fingerprint density at radius 2 is 2.09 bits per heavy atom. The van der Waals surface area contributed by atoms with Gasteiger partial charge >= 0.3 is 5.97 Å². The van der Waals surface area contributed by atoms with Gasteiger partial charge in [-0.15, -0.1) is 0 Å². The number of fused-ring (bicyclic) bond motifs is 1. The molecule has 0 radical (unpaired) electrons. The second kappa shape index (κ2) is 6.28. The predicted molar refractivity (Wildman–Crippen MR) is 84.2 cm³/mol. The molecule has 1 atom stereocenters. The Kier molecular flexibility index (Phi) is 4.58. The number of esters is 1. The van der Waals surface area contributed by atoms with Crippen LogP contribution in [0.5, 0.6) is 5.75 Å². The lowest BCUT2D eigenvalue weighted by Gasteiger charge is -2.32. The largest absolute Gasteiger partial charge is 0.464 e. The molecule has 1 aromatic rings. The van der Waals surface area contributed by atoms with Gasteiger partial charge in [0.1, 0.15) is 5.75 Å². The standard InChI is InChI=1S/C16H20N2O5/c1-5-22-15(21)16(4)14(20)18-11-7-6-10(8-12(11)23-16)17-13(19)9(2)3/h6-9H,5H2,1-4H3,(H,17,19)(H,18,20)/t16-/m1/s1. The molecule has 0 saturated heterocycles. The van der Waals surface area contributed by atoms with Gasteiger partial charge in [0.2, 0.25) is 5.91 Å². The van der Waals surface area contributed by atoms with Crippen molar-refractivity contribution in [3.05, 3.63) is 18.2 Å². The van der Waals surface area contributed by atoms with Gasteiger partial charge in [-0.3, -0.25) is 9.59 Å². The summed E-state index contributed by atoms with van der Waals surface area (Å²) in [6, 6.07) is 4.82. The second-order valence-corrected chi connectivity index (χ2v) is 5.66. The van der Waals surface area contributed by atoms with Crippen molar-refractivity contribution in [2.24, 2.45) is 5.92 Å². The van der Waals surface area contributed by atoms with E-state index < -0.39 is 17.5 Å². The summed E-state index contributed by atoms with van der Waals surface area (Å²) in [5.74, 6) is -1.38. The van der Waals surface area contributed by atoms with E-state index in [0.717, 1.165) is 0 Å². The monoisotopic (exact) mass is 320 g/mol. The summed E-state index contributed by atoms with van der Waals surface area (Å²) in [5.41, 5.74) is -0.812. The average Bonchev–Trinajstić information content (AvgIpc) is 2.48. The van der Waals surface area contributed by atoms with E-state index in [-0.39, 0.29) is 18.4 Å². The van der Waals surface area contributed by atoms with Crippen LogP contribution in [0.2, 0.25) is 0 Å². The zero-order chi connectivity index (χ0) is 17.2. The Hall–Kier alpha value is -2.57. The van der Waals surface area contributed by atoms with Gasteiger partial charge in [-0.1, -0.05) is 13.8 Å². The third-order valence-corrected chi connectivity index (χ3v) is 3.43. The van der Waals surface area contributed by atoms with Gasteiger partial charge in [0.15, 0.2) is 0 Å². The Morgan fingerprint density at radius 1 is 1.39 bits per heavy atom. The molecule has 124 valence electrons. The zero-order valence-electron chi connectivity index (χ0n) is 13.6. The minimum Gasteiger partial charge on any atom is -0.464 e. The smallest absolute Gasteiger partial charge is 0.360 e. The highest BCUT2D eigenvalue weighted by atomic mass is 16.6. The molecule has 1 aromatic carbocycles. The van der Waals surface area contributed by atoms with Crippen LogP contribution in [0.4, 0.5) is 11.4 Å². The van der Waals surface area contributed by atoms with Crippen LogP contribution in [0.25, 0.3) is 0 Å². The molecule has 7 nitrogen and oxygen atoms in total. The van der Waals surface area contributed by atoms with Crippen molar-refractivity contribution in [3.63, 3.8) is 0 Å². The molecule has 0 aliphatic carbocycles. The highest BCUT2D eigenvalue weighted by molar-refractivity contribution is 6.14. The van der Waals surface area contributed by atoms with Gasteiger partial charge in [0.25, 0.3) is 11.5 Å². The number of rotatable bonds is 4. The Labute approximate surface area is 134 Å². The molecular formula is C16H20N2O5. The van der Waals surface area contributed by atoms with Crippen molar-refractivity contribution >= 4 is 29.2 Å². The van der Waals surface area contributed by atoms with Crippen molar-refractivity contribution in [1.29, 1.82) is 0 Å². The molecule has 2 amide bonds. The lowest BCUT2D eigenvalue weighted by molar-refractivity contribution is -0.165. The summed E-state index contributed by atoms with van der Waals surface area (Å²) in [7, 11) is 0. The van der Waals surface area contributed by atoms with Crippen LogP contribution in [0.1, 0.15) is 27.7 Å². The molecule has 0 aromatic heterocycles. The SMILES string of the molecule is CCOC(=O)[C@]1(C)Oc2cc(NC(=O)C(C)C)ccc2NC1=O. The maximum atomic E-state index is 12.1. The van der Waals surface area contributed by atoms with E-state index in [1.807, 2.05) is 0 Å². The van der Waals surface area contributed by atoms with E-state index in [1.54, 1.807) is 39.0 Å². The minimum atomic E-state index is -1.76. The molecular weight excluding hydrogens is 300 g/mol. The Bertz CT molecular complexity index is 656. The third-order valence-electron chi connectivity index (χ3n) is 3.43. The van der Waals surface area contributed by atoms with Gasteiger partial charge in [0.05, 0.1) is 12.3 Å². The predicted octanol–water partition coefficient (Wildman–Crippen LogP) is 1.93. The van der Waals surface area contributed by atoms with Gasteiger partial charge in [-0.2, -0.15) is 0 Å². The minimum absolute atomic E-state index is 0.141. The van der Waals surface area contributed by atoms with E-state index in [2.05, 4.69) is 10.6 Å². The number of nitrogens with one attached hydrogen (secondary N) is 2. The van der Waals surface area contributed by atoms with Crippen molar-refractivity contribution in [1.82, 2.24) is 0 Å². The van der Waals surface area contributed by atoms with Crippen LogP contribution in [-0.2, 0) is 19.1 Å². The molecule has 0 bridgehead atoms. The van der Waals surface area contributed by atoms with E-state index in [9.17, 15) is 14.4 Å². The van der Waals surface area contributed by atoms with Gasteiger partial charge in [-0.25, -0.2) is 4.79 Å². The fourth-order valence-corrected chi connectivity index (χ4v) is 1.99. The quantitative estimate of drug-likeness (QED) is 0.653. The topological polar surface area (TPSA) is 93.7 Å². The third kappa shape index (κ3) is 3.28. The molecule has 0 fully saturated rings. The maximum absolute atomic E-state index is 12.1. The number of carbonyl (C=O) groups is 3. The number of hydrogen-bond donors (Lipinski definition) is 2. The highest BCUT2D eigenvalue weighted by Gasteiger charge is 2.48. The van der Waals surface area contributed by atoms with Crippen LogP contribution >= 0.6 is 0 Å². The maximum Gasteiger partial charge on any atom is 0.360 e. The van der Waals surface area contributed by atoms with E-state index in [4.69, 9.17) is 9.47 Å². The highest BCUT2D eigenvalue weighted by Crippen LogP contribution is 2.36. The molecule has 0 unspecified atom stereocenters. The molecule has 2 rings (SSSR count). The first kappa shape index (κ1) is 16.8. The summed E-state index contributed by atoms with van der Waals surface area (Å²) in [5, 5.41) is 5.35. The fraction of sp³-hybridized carbons (Fsp3) is 0.438. The summed E-state index contributed by atoms with van der Waals surface area (Å²) < 4.78 is 10.5. The van der Waals surface area contributed by atoms with Gasteiger partial charge in [0, 0.05) is 17.7 Å². The summed E-state index contributed by atoms with van der Waals surface area (Å²) >= 11 is 0. The van der Waals surface area contributed by atoms with Crippen LogP contribution < -0.4 is 15.4 Å². The lowest BCUT2D eigenvalue weighted by Crippen LogP contribution is -2.55. The first-order valence-electron chi connectivity index (χ1n) is 7.40. The first-order chi connectivity index (χ1) is 10.8. The Morgan fingerprint density at radius 3 is 2.70 bits per heavy atom. The first-order valence-corrected chi connectivity index (χ1v) is 7.40. The second-order valence-electron chi connectivity index (χ2n) is 5.66. The number of benzene rings is 1. The number of anilines is 2. The van der Waals surface area contributed by atoms with Crippen molar-refractivity contribution in [3.8, 4) is 5.75 Å². The van der Waals surface area contributed by atoms with Crippen LogP contribution in [0.3, 0.4) is 0 Å². The Balaban J connectivity index is 2.28. The van der Waals surface area contributed by atoms with Crippen molar-refractivity contribution < 1.29 is 23.9 Å². The molecule has 0 saturated carbocycles. The molecule has 1 aliphatic rings. The fourth-order valence-electron chi connectivity index (χ4n) is 1.99. The summed E-state index contributed by atoms with van der Waals surface area (Å²) in [6.07, 6.45) is 0. The van der Waals surface area contributed by atoms with Gasteiger partial charge in [-0.05, 0) is 26.0 Å². The number of hydrogen-bond acceptors (Lipinski definition) is 5. The molecule has 23 heavy (non-hydrogen) atoms. The average molecular weight is 320 g/mol. The van der Waals surface area contributed by atoms with Gasteiger partial charge < -0.3 is 20.1 Å². The van der Waals surface area contributed by atoms with Crippen LogP contribution in [-0.4, -0.2) is 30.0 Å². The normalized spacial score (nSPS) is 19.4. The zero-order valence-corrected chi connectivity index (χ0v) is 13.6. The summed E-state index contributed by atoms with van der Waals surface area (Å²) in [6.45, 7) is 6.70. The van der Waals surface area contributed by atoms with Crippen LogP contribution in [0.15, 0.2) is 18.2 Å². The number of ether oxygens (including phenoxy) is 2.